The van der Waals surface area contributed by atoms with Crippen LogP contribution in [0.1, 0.15) is 56.9 Å². The molecular formula is C21H28N2O4. The maximum atomic E-state index is 12.7. The predicted molar refractivity (Wildman–Crippen MR) is 100 cm³/mol. The van der Waals surface area contributed by atoms with Crippen molar-refractivity contribution in [3.05, 3.63) is 23.8 Å². The van der Waals surface area contributed by atoms with Crippen molar-refractivity contribution in [2.24, 2.45) is 5.92 Å². The van der Waals surface area contributed by atoms with Gasteiger partial charge in [-0.2, -0.15) is 0 Å². The highest BCUT2D eigenvalue weighted by atomic mass is 16.7. The van der Waals surface area contributed by atoms with Crippen molar-refractivity contribution in [3.63, 3.8) is 0 Å². The first-order valence-electron chi connectivity index (χ1n) is 10.2. The Morgan fingerprint density at radius 3 is 2.67 bits per heavy atom. The Morgan fingerprint density at radius 1 is 1.07 bits per heavy atom. The van der Waals surface area contributed by atoms with Gasteiger partial charge in [-0.1, -0.05) is 31.7 Å². The fourth-order valence-electron chi connectivity index (χ4n) is 4.39. The van der Waals surface area contributed by atoms with Crippen LogP contribution in [-0.4, -0.2) is 36.1 Å². The first kappa shape index (κ1) is 18.1. The SMILES string of the molecule is O=C(NCc1ccc2c(c1)OCO2)[C@H]1CCC(=O)N(C2CCCCCC2)C1. The van der Waals surface area contributed by atoms with Gasteiger partial charge in [0, 0.05) is 25.6 Å². The van der Waals surface area contributed by atoms with E-state index in [1.165, 1.54) is 25.7 Å². The molecule has 1 saturated carbocycles. The summed E-state index contributed by atoms with van der Waals surface area (Å²) in [6.07, 6.45) is 8.20. The molecule has 0 spiro atoms. The summed E-state index contributed by atoms with van der Waals surface area (Å²) in [5, 5.41) is 3.04. The topological polar surface area (TPSA) is 67.9 Å². The van der Waals surface area contributed by atoms with E-state index < -0.39 is 0 Å². The zero-order valence-electron chi connectivity index (χ0n) is 15.7. The molecule has 1 aliphatic carbocycles. The molecule has 1 N–H and O–H groups in total. The molecule has 0 bridgehead atoms. The van der Waals surface area contributed by atoms with E-state index in [0.717, 1.165) is 29.9 Å². The number of piperidine rings is 1. The zero-order chi connectivity index (χ0) is 18.6. The molecule has 2 fully saturated rings. The third-order valence-corrected chi connectivity index (χ3v) is 5.98. The van der Waals surface area contributed by atoms with Gasteiger partial charge in [-0.15, -0.1) is 0 Å². The van der Waals surface area contributed by atoms with Crippen LogP contribution >= 0.6 is 0 Å². The van der Waals surface area contributed by atoms with E-state index in [1.807, 2.05) is 23.1 Å². The number of hydrogen-bond donors (Lipinski definition) is 1. The molecule has 1 atom stereocenters. The monoisotopic (exact) mass is 372 g/mol. The first-order valence-corrected chi connectivity index (χ1v) is 10.2. The number of benzene rings is 1. The molecule has 27 heavy (non-hydrogen) atoms. The maximum absolute atomic E-state index is 12.7. The van der Waals surface area contributed by atoms with Gasteiger partial charge in [-0.3, -0.25) is 9.59 Å². The van der Waals surface area contributed by atoms with Crippen LogP contribution in [0.25, 0.3) is 0 Å². The molecule has 2 amide bonds. The van der Waals surface area contributed by atoms with Crippen molar-refractivity contribution in [1.82, 2.24) is 10.2 Å². The molecule has 2 aliphatic heterocycles. The molecule has 0 aromatic heterocycles. The fourth-order valence-corrected chi connectivity index (χ4v) is 4.39. The summed E-state index contributed by atoms with van der Waals surface area (Å²) in [4.78, 5) is 27.1. The minimum absolute atomic E-state index is 0.0405. The molecular weight excluding hydrogens is 344 g/mol. The lowest BCUT2D eigenvalue weighted by atomic mass is 9.93. The van der Waals surface area contributed by atoms with Crippen molar-refractivity contribution in [3.8, 4) is 11.5 Å². The van der Waals surface area contributed by atoms with Crippen molar-refractivity contribution < 1.29 is 19.1 Å². The van der Waals surface area contributed by atoms with Gasteiger partial charge >= 0.3 is 0 Å². The summed E-state index contributed by atoms with van der Waals surface area (Å²) in [6, 6.07) is 6.04. The lowest BCUT2D eigenvalue weighted by Gasteiger charge is -2.37. The number of hydrogen-bond acceptors (Lipinski definition) is 4. The number of nitrogens with zero attached hydrogens (tertiary/aromatic N) is 1. The molecule has 1 aromatic carbocycles. The largest absolute Gasteiger partial charge is 0.454 e. The van der Waals surface area contributed by atoms with E-state index in [2.05, 4.69) is 5.32 Å². The summed E-state index contributed by atoms with van der Waals surface area (Å²) >= 11 is 0. The molecule has 2 heterocycles. The number of nitrogens with one attached hydrogen (secondary N) is 1. The minimum Gasteiger partial charge on any atom is -0.454 e. The van der Waals surface area contributed by atoms with Crippen molar-refractivity contribution in [2.45, 2.75) is 64.0 Å². The number of fused-ring (bicyclic) bond motifs is 1. The van der Waals surface area contributed by atoms with E-state index in [4.69, 9.17) is 9.47 Å². The number of amides is 2. The molecule has 146 valence electrons. The van der Waals surface area contributed by atoms with E-state index in [1.54, 1.807) is 0 Å². The van der Waals surface area contributed by atoms with E-state index in [9.17, 15) is 9.59 Å². The normalized spacial score (nSPS) is 23.2. The first-order chi connectivity index (χ1) is 13.2. The smallest absolute Gasteiger partial charge is 0.231 e. The Labute approximate surface area is 160 Å². The highest BCUT2D eigenvalue weighted by Gasteiger charge is 2.34. The lowest BCUT2D eigenvalue weighted by Crippen LogP contribution is -2.49. The summed E-state index contributed by atoms with van der Waals surface area (Å²) in [5.74, 6) is 1.62. The van der Waals surface area contributed by atoms with Crippen molar-refractivity contribution in [2.75, 3.05) is 13.3 Å². The van der Waals surface area contributed by atoms with Crippen LogP contribution < -0.4 is 14.8 Å². The van der Waals surface area contributed by atoms with Crippen molar-refractivity contribution >= 4 is 11.8 Å². The Kier molecular flexibility index (Phi) is 5.50. The maximum Gasteiger partial charge on any atom is 0.231 e. The van der Waals surface area contributed by atoms with E-state index in [-0.39, 0.29) is 24.5 Å². The summed E-state index contributed by atoms with van der Waals surface area (Å²) in [5.41, 5.74) is 0.986. The second-order valence-electron chi connectivity index (χ2n) is 7.83. The Balaban J connectivity index is 1.33. The summed E-state index contributed by atoms with van der Waals surface area (Å²) in [7, 11) is 0. The average molecular weight is 372 g/mol. The average Bonchev–Trinajstić information content (AvgIpc) is 2.99. The Hall–Kier alpha value is -2.24. The number of likely N-dealkylation sites (tertiary alicyclic amines) is 1. The van der Waals surface area contributed by atoms with E-state index >= 15 is 0 Å². The third-order valence-electron chi connectivity index (χ3n) is 5.98. The second-order valence-corrected chi connectivity index (χ2v) is 7.83. The van der Waals surface area contributed by atoms with E-state index in [0.29, 0.717) is 32.0 Å². The fraction of sp³-hybridized carbons (Fsp3) is 0.619. The van der Waals surface area contributed by atoms with Gasteiger partial charge in [0.05, 0.1) is 5.92 Å². The highest BCUT2D eigenvalue weighted by Crippen LogP contribution is 2.32. The molecule has 6 heteroatoms. The van der Waals surface area contributed by atoms with Gasteiger partial charge in [-0.05, 0) is 37.0 Å². The molecule has 4 rings (SSSR count). The standard InChI is InChI=1S/C21H28N2O4/c24-20-10-8-16(13-23(20)17-5-3-1-2-4-6-17)21(25)22-12-15-7-9-18-19(11-15)27-14-26-18/h7,9,11,16-17H,1-6,8,10,12-14H2,(H,22,25)/t16-/m0/s1. The second kappa shape index (κ2) is 8.19. The van der Waals surface area contributed by atoms with Crippen LogP contribution in [-0.2, 0) is 16.1 Å². The minimum atomic E-state index is -0.111. The van der Waals surface area contributed by atoms with Gasteiger partial charge in [-0.25, -0.2) is 0 Å². The van der Waals surface area contributed by atoms with Gasteiger partial charge in [0.15, 0.2) is 11.5 Å². The lowest BCUT2D eigenvalue weighted by molar-refractivity contribution is -0.141. The molecule has 0 unspecified atom stereocenters. The number of ether oxygens (including phenoxy) is 2. The summed E-state index contributed by atoms with van der Waals surface area (Å²) < 4.78 is 10.7. The van der Waals surface area contributed by atoms with Crippen LogP contribution in [0.3, 0.4) is 0 Å². The van der Waals surface area contributed by atoms with Crippen LogP contribution in [0.4, 0.5) is 0 Å². The molecule has 6 nitrogen and oxygen atoms in total. The number of carbonyl (C=O) groups excluding carboxylic acids is 2. The predicted octanol–water partition coefficient (Wildman–Crippen LogP) is 2.99. The van der Waals surface area contributed by atoms with Crippen LogP contribution in [0.15, 0.2) is 18.2 Å². The molecule has 3 aliphatic rings. The highest BCUT2D eigenvalue weighted by molar-refractivity contribution is 5.84. The zero-order valence-corrected chi connectivity index (χ0v) is 15.7. The van der Waals surface area contributed by atoms with Crippen LogP contribution in [0.5, 0.6) is 11.5 Å². The Bertz CT molecular complexity index is 697. The van der Waals surface area contributed by atoms with Gasteiger partial charge in [0.1, 0.15) is 0 Å². The number of carbonyl (C=O) groups is 2. The van der Waals surface area contributed by atoms with Gasteiger partial charge in [0.25, 0.3) is 0 Å². The van der Waals surface area contributed by atoms with Gasteiger partial charge < -0.3 is 19.7 Å². The quantitative estimate of drug-likeness (QED) is 0.825. The van der Waals surface area contributed by atoms with Crippen LogP contribution in [0, 0.1) is 5.92 Å². The molecule has 1 saturated heterocycles. The third kappa shape index (κ3) is 4.20. The van der Waals surface area contributed by atoms with Crippen molar-refractivity contribution in [1.29, 1.82) is 0 Å². The number of rotatable bonds is 4. The summed E-state index contributed by atoms with van der Waals surface area (Å²) in [6.45, 7) is 1.28. The Morgan fingerprint density at radius 2 is 1.85 bits per heavy atom. The van der Waals surface area contributed by atoms with Gasteiger partial charge in [0.2, 0.25) is 18.6 Å². The van der Waals surface area contributed by atoms with Crippen LogP contribution in [0.2, 0.25) is 0 Å². The molecule has 1 aromatic rings. The molecule has 0 radical (unpaired) electrons.